The molecule has 1 aromatic rings. The molecule has 1 rings (SSSR count). The second kappa shape index (κ2) is 5.14. The third-order valence-electron chi connectivity index (χ3n) is 1.96. The number of hydrogen-bond donors (Lipinski definition) is 2. The summed E-state index contributed by atoms with van der Waals surface area (Å²) in [6.07, 6.45) is -0.108. The molecule has 0 spiro atoms. The molecule has 0 saturated carbocycles. The lowest BCUT2D eigenvalue weighted by molar-refractivity contribution is -0.137. The average Bonchev–Trinajstić information content (AvgIpc) is 2.17. The van der Waals surface area contributed by atoms with Gasteiger partial charge in [-0.2, -0.15) is 0 Å². The van der Waals surface area contributed by atoms with Gasteiger partial charge in [-0.1, -0.05) is 30.3 Å². The van der Waals surface area contributed by atoms with Gasteiger partial charge in [-0.05, 0) is 5.56 Å². The van der Waals surface area contributed by atoms with Gasteiger partial charge in [0.1, 0.15) is 0 Å². The van der Waals surface area contributed by atoms with E-state index in [1.807, 2.05) is 18.2 Å². The second-order valence-electron chi connectivity index (χ2n) is 3.26. The van der Waals surface area contributed by atoms with Gasteiger partial charge < -0.3 is 10.4 Å². The number of carboxylic acid groups (broad SMARTS) is 1. The number of hydrogen-bond acceptors (Lipinski definition) is 2. The summed E-state index contributed by atoms with van der Waals surface area (Å²) in [5.41, 5.74) is 0.801. The lowest BCUT2D eigenvalue weighted by atomic mass is 10.0. The van der Waals surface area contributed by atoms with Gasteiger partial charge in [0, 0.05) is 6.92 Å². The molecule has 0 aromatic heterocycles. The average molecular weight is 207 g/mol. The van der Waals surface area contributed by atoms with E-state index in [1.54, 1.807) is 12.1 Å². The maximum Gasteiger partial charge on any atom is 0.305 e. The first-order valence-corrected chi connectivity index (χ1v) is 4.63. The zero-order chi connectivity index (χ0) is 11.3. The number of nitrogens with one attached hydrogen (secondary N) is 1. The molecule has 0 saturated heterocycles. The molecule has 4 nitrogen and oxygen atoms in total. The number of benzene rings is 1. The lowest BCUT2D eigenvalue weighted by Crippen LogP contribution is -2.27. The van der Waals surface area contributed by atoms with Crippen LogP contribution in [0.4, 0.5) is 0 Å². The fourth-order valence-electron chi connectivity index (χ4n) is 1.36. The van der Waals surface area contributed by atoms with E-state index in [-0.39, 0.29) is 12.3 Å². The predicted molar refractivity (Wildman–Crippen MR) is 55.3 cm³/mol. The van der Waals surface area contributed by atoms with Crippen molar-refractivity contribution in [1.29, 1.82) is 0 Å². The molecule has 1 atom stereocenters. The summed E-state index contributed by atoms with van der Waals surface area (Å²) in [5, 5.41) is 11.3. The third-order valence-corrected chi connectivity index (χ3v) is 1.96. The molecule has 1 aromatic carbocycles. The molecule has 0 aliphatic heterocycles. The van der Waals surface area contributed by atoms with Crippen molar-refractivity contribution in [2.24, 2.45) is 0 Å². The van der Waals surface area contributed by atoms with Crippen molar-refractivity contribution in [3.05, 3.63) is 35.9 Å². The maximum atomic E-state index is 10.9. The van der Waals surface area contributed by atoms with E-state index in [1.165, 1.54) is 6.92 Å². The van der Waals surface area contributed by atoms with Gasteiger partial charge in [0.25, 0.3) is 0 Å². The van der Waals surface area contributed by atoms with Crippen LogP contribution in [0.15, 0.2) is 30.3 Å². The van der Waals surface area contributed by atoms with Gasteiger partial charge in [0.2, 0.25) is 5.91 Å². The highest BCUT2D eigenvalue weighted by molar-refractivity contribution is 5.75. The number of rotatable bonds is 4. The molecule has 0 aliphatic rings. The van der Waals surface area contributed by atoms with Crippen LogP contribution in [-0.4, -0.2) is 17.0 Å². The fraction of sp³-hybridized carbons (Fsp3) is 0.273. The van der Waals surface area contributed by atoms with E-state index in [0.29, 0.717) is 0 Å². The molecule has 0 heterocycles. The molecular weight excluding hydrogens is 194 g/mol. The zero-order valence-corrected chi connectivity index (χ0v) is 8.43. The topological polar surface area (TPSA) is 66.4 Å². The van der Waals surface area contributed by atoms with Crippen molar-refractivity contribution in [3.63, 3.8) is 0 Å². The third kappa shape index (κ3) is 3.81. The summed E-state index contributed by atoms with van der Waals surface area (Å²) in [5.74, 6) is -1.16. The predicted octanol–water partition coefficient (Wildman–Crippen LogP) is 1.34. The second-order valence-corrected chi connectivity index (χ2v) is 3.26. The van der Waals surface area contributed by atoms with Gasteiger partial charge >= 0.3 is 5.97 Å². The van der Waals surface area contributed by atoms with Crippen LogP contribution in [0.3, 0.4) is 0 Å². The minimum absolute atomic E-state index is 0.108. The van der Waals surface area contributed by atoms with Crippen LogP contribution < -0.4 is 5.32 Å². The van der Waals surface area contributed by atoms with Crippen LogP contribution in [0.1, 0.15) is 24.9 Å². The Hall–Kier alpha value is -1.84. The van der Waals surface area contributed by atoms with E-state index in [4.69, 9.17) is 5.11 Å². The highest BCUT2D eigenvalue weighted by Gasteiger charge is 2.15. The summed E-state index contributed by atoms with van der Waals surface area (Å²) in [6.45, 7) is 1.37. The largest absolute Gasteiger partial charge is 0.481 e. The minimum atomic E-state index is -0.933. The van der Waals surface area contributed by atoms with Gasteiger partial charge in [-0.15, -0.1) is 0 Å². The Labute approximate surface area is 87.9 Å². The number of carbonyl (C=O) groups excluding carboxylic acids is 1. The first kappa shape index (κ1) is 11.2. The minimum Gasteiger partial charge on any atom is -0.481 e. The van der Waals surface area contributed by atoms with Crippen molar-refractivity contribution in [2.75, 3.05) is 0 Å². The maximum absolute atomic E-state index is 10.9. The van der Waals surface area contributed by atoms with Crippen LogP contribution in [0.2, 0.25) is 0 Å². The van der Waals surface area contributed by atoms with Crippen molar-refractivity contribution in [3.8, 4) is 0 Å². The van der Waals surface area contributed by atoms with Crippen LogP contribution in [0.25, 0.3) is 0 Å². The molecule has 80 valence electrons. The summed E-state index contributed by atoms with van der Waals surface area (Å²) in [6, 6.07) is 8.60. The zero-order valence-electron chi connectivity index (χ0n) is 8.43. The quantitative estimate of drug-likeness (QED) is 0.782. The normalized spacial score (nSPS) is 11.8. The van der Waals surface area contributed by atoms with E-state index < -0.39 is 12.0 Å². The molecule has 1 amide bonds. The SMILES string of the molecule is CC(=O)N[C@H](CC(=O)O)c1ccccc1. The monoisotopic (exact) mass is 207 g/mol. The van der Waals surface area contributed by atoms with Crippen LogP contribution in [0.5, 0.6) is 0 Å². The number of amides is 1. The number of carboxylic acids is 1. The highest BCUT2D eigenvalue weighted by Crippen LogP contribution is 2.16. The fourth-order valence-corrected chi connectivity index (χ4v) is 1.36. The molecular formula is C11H13NO3. The van der Waals surface area contributed by atoms with E-state index in [0.717, 1.165) is 5.56 Å². The summed E-state index contributed by atoms with van der Waals surface area (Å²) in [7, 11) is 0. The molecule has 4 heteroatoms. The van der Waals surface area contributed by atoms with Crippen molar-refractivity contribution in [2.45, 2.75) is 19.4 Å². The Balaban J connectivity index is 2.81. The summed E-state index contributed by atoms with van der Waals surface area (Å²) in [4.78, 5) is 21.5. The Morgan fingerprint density at radius 3 is 2.40 bits per heavy atom. The lowest BCUT2D eigenvalue weighted by Gasteiger charge is -2.15. The van der Waals surface area contributed by atoms with Gasteiger partial charge in [-0.25, -0.2) is 0 Å². The first-order chi connectivity index (χ1) is 7.09. The van der Waals surface area contributed by atoms with Crippen LogP contribution in [-0.2, 0) is 9.59 Å². The number of carbonyl (C=O) groups is 2. The Bertz CT molecular complexity index is 332. The molecule has 0 bridgehead atoms. The van der Waals surface area contributed by atoms with Gasteiger partial charge in [-0.3, -0.25) is 9.59 Å². The molecule has 0 fully saturated rings. The van der Waals surface area contributed by atoms with Crippen molar-refractivity contribution in [1.82, 2.24) is 5.32 Å². The van der Waals surface area contributed by atoms with Crippen LogP contribution in [0, 0.1) is 0 Å². The first-order valence-electron chi connectivity index (χ1n) is 4.63. The number of aliphatic carboxylic acids is 1. The molecule has 0 aliphatic carbocycles. The Morgan fingerprint density at radius 1 is 1.33 bits per heavy atom. The molecule has 2 N–H and O–H groups in total. The van der Waals surface area contributed by atoms with Crippen LogP contribution >= 0.6 is 0 Å². The van der Waals surface area contributed by atoms with E-state index >= 15 is 0 Å². The molecule has 0 unspecified atom stereocenters. The summed E-state index contributed by atoms with van der Waals surface area (Å²) >= 11 is 0. The van der Waals surface area contributed by atoms with Crippen molar-refractivity contribution < 1.29 is 14.7 Å². The van der Waals surface area contributed by atoms with Gasteiger partial charge in [0.05, 0.1) is 12.5 Å². The van der Waals surface area contributed by atoms with Gasteiger partial charge in [0.15, 0.2) is 0 Å². The van der Waals surface area contributed by atoms with E-state index in [9.17, 15) is 9.59 Å². The molecule has 15 heavy (non-hydrogen) atoms. The smallest absolute Gasteiger partial charge is 0.305 e. The van der Waals surface area contributed by atoms with E-state index in [2.05, 4.69) is 5.32 Å². The Kier molecular flexibility index (Phi) is 3.85. The van der Waals surface area contributed by atoms with Crippen molar-refractivity contribution >= 4 is 11.9 Å². The summed E-state index contributed by atoms with van der Waals surface area (Å²) < 4.78 is 0. The highest BCUT2D eigenvalue weighted by atomic mass is 16.4. The standard InChI is InChI=1S/C11H13NO3/c1-8(13)12-10(7-11(14)15)9-5-3-2-4-6-9/h2-6,10H,7H2,1H3,(H,12,13)(H,14,15)/t10-/m1/s1. The molecule has 0 radical (unpaired) electrons. The Morgan fingerprint density at radius 2 is 1.93 bits per heavy atom.